The van der Waals surface area contributed by atoms with Gasteiger partial charge in [-0.25, -0.2) is 18.7 Å². The predicted octanol–water partition coefficient (Wildman–Crippen LogP) is 2.01. The number of hydrogen-bond donors (Lipinski definition) is 2. The summed E-state index contributed by atoms with van der Waals surface area (Å²) in [4.78, 5) is 28.3. The molecule has 0 amide bonds. The van der Waals surface area contributed by atoms with Crippen LogP contribution in [0.4, 0.5) is 0 Å². The van der Waals surface area contributed by atoms with E-state index in [0.29, 0.717) is 5.65 Å². The highest BCUT2D eigenvalue weighted by Crippen LogP contribution is 2.60. The Morgan fingerprint density at radius 3 is 2.65 bits per heavy atom. The normalized spacial score (nSPS) is 27.9. The molecule has 3 aromatic heterocycles. The first kappa shape index (κ1) is 22.3. The van der Waals surface area contributed by atoms with Gasteiger partial charge >= 0.3 is 21.2 Å². The minimum atomic E-state index is -4.83. The first-order valence-electron chi connectivity index (χ1n) is 9.56. The molecule has 0 aliphatic carbocycles. The van der Waals surface area contributed by atoms with Crippen molar-refractivity contribution in [1.82, 2.24) is 18.9 Å². The number of imidazole rings is 1. The summed E-state index contributed by atoms with van der Waals surface area (Å²) in [5.41, 5.74) is 1.54. The van der Waals surface area contributed by atoms with E-state index in [2.05, 4.69) is 14.3 Å². The summed E-state index contributed by atoms with van der Waals surface area (Å²) < 4.78 is 44.8. The van der Waals surface area contributed by atoms with Crippen LogP contribution in [0.2, 0.25) is 0 Å². The maximum atomic E-state index is 12.3. The van der Waals surface area contributed by atoms with E-state index in [1.807, 2.05) is 36.4 Å². The number of aromatic nitrogens is 5. The Labute approximate surface area is 178 Å². The molecular weight excluding hydrogens is 448 g/mol. The van der Waals surface area contributed by atoms with Crippen molar-refractivity contribution >= 4 is 26.7 Å². The Morgan fingerprint density at radius 1 is 1.23 bits per heavy atom. The van der Waals surface area contributed by atoms with Crippen molar-refractivity contribution in [3.05, 3.63) is 43.4 Å². The molecule has 1 fully saturated rings. The Balaban J connectivity index is 1.46. The molecule has 2 N–H and O–H groups in total. The van der Waals surface area contributed by atoms with Gasteiger partial charge in [0.05, 0.1) is 26.0 Å². The zero-order valence-electron chi connectivity index (χ0n) is 17.1. The van der Waals surface area contributed by atoms with Gasteiger partial charge in [0, 0.05) is 18.3 Å². The van der Waals surface area contributed by atoms with Crippen molar-refractivity contribution in [3.63, 3.8) is 0 Å². The van der Waals surface area contributed by atoms with Crippen LogP contribution in [0.25, 0.3) is 11.2 Å². The summed E-state index contributed by atoms with van der Waals surface area (Å²) in [7, 11) is -7.52. The smallest absolute Gasteiger partial charge is 0.339 e. The quantitative estimate of drug-likeness (QED) is 0.390. The minimum Gasteiger partial charge on any atom is -0.339 e. The van der Waals surface area contributed by atoms with Crippen LogP contribution in [-0.2, 0) is 29.7 Å². The fourth-order valence-corrected chi connectivity index (χ4v) is 6.08. The fourth-order valence-electron chi connectivity index (χ4n) is 3.65. The van der Waals surface area contributed by atoms with Crippen molar-refractivity contribution < 1.29 is 37.1 Å². The average Bonchev–Trinajstić information content (AvgIpc) is 3.42. The van der Waals surface area contributed by atoms with E-state index < -0.39 is 21.7 Å². The topological polar surface area (TPSA) is 142 Å². The number of rotatable bonds is 7. The molecule has 0 bridgehead atoms. The van der Waals surface area contributed by atoms with Gasteiger partial charge in [0.1, 0.15) is 0 Å². The lowest BCUT2D eigenvalue weighted by atomic mass is 9.93. The van der Waals surface area contributed by atoms with Crippen LogP contribution in [0, 0.1) is 11.8 Å². The second-order valence-electron chi connectivity index (χ2n) is 7.55. The van der Waals surface area contributed by atoms with Crippen molar-refractivity contribution in [1.29, 1.82) is 0 Å². The second kappa shape index (κ2) is 8.22. The third kappa shape index (κ3) is 4.38. The van der Waals surface area contributed by atoms with Crippen molar-refractivity contribution in [2.24, 2.45) is 18.9 Å². The molecule has 3 aromatic rings. The Hall–Kier alpha value is -1.91. The molecule has 0 aromatic carbocycles. The van der Waals surface area contributed by atoms with Gasteiger partial charge in [-0.3, -0.25) is 13.4 Å². The molecule has 14 heteroatoms. The summed E-state index contributed by atoms with van der Waals surface area (Å²) in [6.07, 6.45) is 6.60. The summed E-state index contributed by atoms with van der Waals surface area (Å²) in [5.74, 6) is -0.0121. The number of phosphoric ester groups is 1. The molecule has 1 aliphatic heterocycles. The van der Waals surface area contributed by atoms with Gasteiger partial charge in [-0.1, -0.05) is 18.8 Å². The van der Waals surface area contributed by atoms with Gasteiger partial charge in [-0.05, 0) is 18.1 Å². The van der Waals surface area contributed by atoms with E-state index in [1.165, 1.54) is 30.9 Å². The molecule has 1 aliphatic rings. The van der Waals surface area contributed by atoms with E-state index in [9.17, 15) is 18.9 Å². The molecule has 31 heavy (non-hydrogen) atoms. The van der Waals surface area contributed by atoms with Crippen LogP contribution < -0.4 is 4.57 Å². The molecule has 4 heterocycles. The largest absolute Gasteiger partial charge is 0.480 e. The van der Waals surface area contributed by atoms with Crippen molar-refractivity contribution in [3.8, 4) is 0 Å². The SMILES string of the molecule is CC1C(COP(=O)(O)OP(=O)(O)n2cccc2)OC([n+]2cn(C)c3cncnc32)C1C. The van der Waals surface area contributed by atoms with Gasteiger partial charge in [0.15, 0.2) is 24.4 Å². The van der Waals surface area contributed by atoms with E-state index in [1.54, 1.807) is 6.20 Å². The molecule has 168 valence electrons. The van der Waals surface area contributed by atoms with E-state index in [-0.39, 0.29) is 24.7 Å². The monoisotopic (exact) mass is 472 g/mol. The number of fused-ring (bicyclic) bond motifs is 1. The predicted molar refractivity (Wildman–Crippen MR) is 107 cm³/mol. The van der Waals surface area contributed by atoms with Gasteiger partial charge in [-0.15, -0.1) is 0 Å². The third-order valence-corrected chi connectivity index (χ3v) is 8.54. The Bertz CT molecular complexity index is 1170. The summed E-state index contributed by atoms with van der Waals surface area (Å²) >= 11 is 0. The molecule has 0 saturated carbocycles. The highest BCUT2D eigenvalue weighted by Gasteiger charge is 2.45. The first-order chi connectivity index (χ1) is 14.6. The van der Waals surface area contributed by atoms with Gasteiger partial charge in [0.25, 0.3) is 0 Å². The molecule has 0 spiro atoms. The van der Waals surface area contributed by atoms with E-state index >= 15 is 0 Å². The summed E-state index contributed by atoms with van der Waals surface area (Å²) in [5, 5.41) is 0. The zero-order chi connectivity index (χ0) is 22.4. The van der Waals surface area contributed by atoms with Crippen molar-refractivity contribution in [2.75, 3.05) is 6.61 Å². The lowest BCUT2D eigenvalue weighted by Crippen LogP contribution is -2.42. The first-order valence-corrected chi connectivity index (χ1v) is 12.6. The number of aryl methyl sites for hydroxylation is 1. The third-order valence-electron chi connectivity index (χ3n) is 5.54. The molecule has 12 nitrogen and oxygen atoms in total. The second-order valence-corrected chi connectivity index (χ2v) is 10.8. The highest BCUT2D eigenvalue weighted by molar-refractivity contribution is 7.63. The Morgan fingerprint density at radius 2 is 1.94 bits per heavy atom. The zero-order valence-corrected chi connectivity index (χ0v) is 18.9. The van der Waals surface area contributed by atoms with Gasteiger partial charge in [0.2, 0.25) is 0 Å². The molecule has 6 atom stereocenters. The van der Waals surface area contributed by atoms with Crippen LogP contribution in [0.15, 0.2) is 43.4 Å². The van der Waals surface area contributed by atoms with Crippen LogP contribution >= 0.6 is 15.6 Å². The standard InChI is InChI=1S/C17H23N5O7P2/c1-12-13(2)17(22-11-20(3)14-8-18-10-19-16(14)22)28-15(12)9-27-31(25,26)29-30(23,24)21-6-4-5-7-21/h4-8,10-13,15,17H,9H2,1-3H3,(H-,23,24,25,26)/p+1. The van der Waals surface area contributed by atoms with Crippen LogP contribution in [0.1, 0.15) is 20.1 Å². The molecule has 4 rings (SSSR count). The molecular formula is C17H24N5O7P2+. The Kier molecular flexibility index (Phi) is 5.91. The highest BCUT2D eigenvalue weighted by atomic mass is 31.3. The fraction of sp³-hybridized carbons (Fsp3) is 0.471. The molecule has 6 unspecified atom stereocenters. The average molecular weight is 472 g/mol. The lowest BCUT2D eigenvalue weighted by molar-refractivity contribution is -0.745. The summed E-state index contributed by atoms with van der Waals surface area (Å²) in [6.45, 7) is 3.66. The lowest BCUT2D eigenvalue weighted by Gasteiger charge is -2.20. The summed E-state index contributed by atoms with van der Waals surface area (Å²) in [6, 6.07) is 2.97. The van der Waals surface area contributed by atoms with Gasteiger partial charge in [-0.2, -0.15) is 4.31 Å². The van der Waals surface area contributed by atoms with Crippen LogP contribution in [-0.4, -0.2) is 41.4 Å². The molecule has 1 saturated heterocycles. The number of nitrogens with zero attached hydrogens (tertiary/aromatic N) is 5. The van der Waals surface area contributed by atoms with Crippen molar-refractivity contribution in [2.45, 2.75) is 26.2 Å². The number of phosphoric acid groups is 1. The van der Waals surface area contributed by atoms with Crippen LogP contribution in [0.5, 0.6) is 0 Å². The maximum absolute atomic E-state index is 12.3. The van der Waals surface area contributed by atoms with E-state index in [0.717, 1.165) is 9.85 Å². The number of hydrogen-bond acceptors (Lipinski definition) is 7. The molecule has 0 radical (unpaired) electrons. The van der Waals surface area contributed by atoms with E-state index in [4.69, 9.17) is 9.26 Å². The maximum Gasteiger partial charge on any atom is 0.480 e. The van der Waals surface area contributed by atoms with Crippen LogP contribution in [0.3, 0.4) is 0 Å². The minimum absolute atomic E-state index is 0.0296. The number of ether oxygens (including phenoxy) is 1. The van der Waals surface area contributed by atoms with Gasteiger partial charge < -0.3 is 14.5 Å².